The molecule has 0 unspecified atom stereocenters. The van der Waals surface area contributed by atoms with Gasteiger partial charge in [-0.25, -0.2) is 0 Å². The molecule has 4 N–H and O–H groups in total. The van der Waals surface area contributed by atoms with Gasteiger partial charge in [-0.2, -0.15) is 11.8 Å². The minimum atomic E-state index is -0.540. The van der Waals surface area contributed by atoms with E-state index >= 15 is 0 Å². The molecule has 1 aromatic carbocycles. The number of phenolic OH excluding ortho intramolecular Hbond substituents is 1. The summed E-state index contributed by atoms with van der Waals surface area (Å²) in [6, 6.07) is 4.12. The van der Waals surface area contributed by atoms with Crippen molar-refractivity contribution in [2.24, 2.45) is 5.73 Å². The van der Waals surface area contributed by atoms with Gasteiger partial charge in [0.15, 0.2) is 11.5 Å². The fourth-order valence-corrected chi connectivity index (χ4v) is 1.87. The van der Waals surface area contributed by atoms with Crippen LogP contribution in [0.3, 0.4) is 0 Å². The molecule has 0 aliphatic carbocycles. The molecule has 5 nitrogen and oxygen atoms in total. The van der Waals surface area contributed by atoms with E-state index in [0.717, 1.165) is 5.75 Å². The molecular formula is C12H18N2O3S. The Morgan fingerprint density at radius 2 is 2.33 bits per heavy atom. The number of nitrogens with two attached hydrogens (primary N) is 1. The number of hydrogen-bond acceptors (Lipinski definition) is 5. The first-order chi connectivity index (χ1) is 8.58. The van der Waals surface area contributed by atoms with E-state index in [1.165, 1.54) is 13.2 Å². The number of benzene rings is 1. The largest absolute Gasteiger partial charge is 0.504 e. The Labute approximate surface area is 111 Å². The Kier molecular flexibility index (Phi) is 5.80. The third-order valence-electron chi connectivity index (χ3n) is 2.42. The van der Waals surface area contributed by atoms with Gasteiger partial charge in [-0.05, 0) is 30.6 Å². The van der Waals surface area contributed by atoms with Crippen LogP contribution in [0.1, 0.15) is 6.42 Å². The van der Waals surface area contributed by atoms with Crippen LogP contribution in [0.4, 0.5) is 5.69 Å². The summed E-state index contributed by atoms with van der Waals surface area (Å²) in [6.07, 6.45) is 2.58. The van der Waals surface area contributed by atoms with E-state index in [9.17, 15) is 9.90 Å². The molecule has 0 aliphatic rings. The first kappa shape index (κ1) is 14.7. The molecule has 0 aliphatic heterocycles. The second-order valence-electron chi connectivity index (χ2n) is 3.76. The first-order valence-corrected chi connectivity index (χ1v) is 6.90. The lowest BCUT2D eigenvalue weighted by atomic mass is 10.2. The minimum Gasteiger partial charge on any atom is -0.504 e. The Hall–Kier alpha value is -1.40. The van der Waals surface area contributed by atoms with Gasteiger partial charge in [0.1, 0.15) is 0 Å². The highest BCUT2D eigenvalue weighted by atomic mass is 32.2. The lowest BCUT2D eigenvalue weighted by molar-refractivity contribution is -0.117. The number of methoxy groups -OCH3 is 1. The smallest absolute Gasteiger partial charge is 0.241 e. The average Bonchev–Trinajstić information content (AvgIpc) is 2.36. The predicted molar refractivity (Wildman–Crippen MR) is 74.3 cm³/mol. The van der Waals surface area contributed by atoms with Gasteiger partial charge in [0.05, 0.1) is 13.2 Å². The summed E-state index contributed by atoms with van der Waals surface area (Å²) in [5.41, 5.74) is 6.23. The molecule has 0 fully saturated rings. The normalized spacial score (nSPS) is 11.9. The fourth-order valence-electron chi connectivity index (χ4n) is 1.38. The maximum Gasteiger partial charge on any atom is 0.241 e. The zero-order chi connectivity index (χ0) is 13.5. The third kappa shape index (κ3) is 4.12. The molecule has 1 aromatic rings. The number of phenols is 1. The van der Waals surface area contributed by atoms with Crippen LogP contribution in [0.25, 0.3) is 0 Å². The topological polar surface area (TPSA) is 84.6 Å². The molecule has 0 saturated heterocycles. The van der Waals surface area contributed by atoms with E-state index < -0.39 is 6.04 Å². The van der Waals surface area contributed by atoms with Gasteiger partial charge in [-0.3, -0.25) is 4.79 Å². The molecule has 1 rings (SSSR count). The lowest BCUT2D eigenvalue weighted by Crippen LogP contribution is -2.36. The van der Waals surface area contributed by atoms with Crippen molar-refractivity contribution in [2.75, 3.05) is 24.4 Å². The molecule has 100 valence electrons. The molecule has 0 bridgehead atoms. The number of amides is 1. The van der Waals surface area contributed by atoms with Crippen LogP contribution >= 0.6 is 11.8 Å². The maximum atomic E-state index is 11.7. The summed E-state index contributed by atoms with van der Waals surface area (Å²) in [4.78, 5) is 11.7. The summed E-state index contributed by atoms with van der Waals surface area (Å²) in [6.45, 7) is 0. The molecule has 6 heteroatoms. The maximum absolute atomic E-state index is 11.7. The van der Waals surface area contributed by atoms with Crippen LogP contribution in [0.5, 0.6) is 11.5 Å². The molecule has 0 spiro atoms. The quantitative estimate of drug-likeness (QED) is 0.728. The second-order valence-corrected chi connectivity index (χ2v) is 4.75. The Morgan fingerprint density at radius 3 is 2.89 bits per heavy atom. The highest BCUT2D eigenvalue weighted by molar-refractivity contribution is 7.98. The summed E-state index contributed by atoms with van der Waals surface area (Å²) in [5, 5.41) is 12.2. The number of thioether (sulfide) groups is 1. The molecule has 18 heavy (non-hydrogen) atoms. The van der Waals surface area contributed by atoms with Gasteiger partial charge in [-0.15, -0.1) is 0 Å². The average molecular weight is 270 g/mol. The van der Waals surface area contributed by atoms with Crippen LogP contribution in [0.15, 0.2) is 18.2 Å². The van der Waals surface area contributed by atoms with Gasteiger partial charge < -0.3 is 20.9 Å². The van der Waals surface area contributed by atoms with Crippen molar-refractivity contribution in [3.05, 3.63) is 18.2 Å². The van der Waals surface area contributed by atoms with Gasteiger partial charge in [0, 0.05) is 11.8 Å². The van der Waals surface area contributed by atoms with Gasteiger partial charge in [0.25, 0.3) is 0 Å². The van der Waals surface area contributed by atoms with Crippen molar-refractivity contribution in [3.8, 4) is 11.5 Å². The zero-order valence-electron chi connectivity index (χ0n) is 10.5. The van der Waals surface area contributed by atoms with Crippen molar-refractivity contribution in [1.82, 2.24) is 0 Å². The molecule has 1 amide bonds. The molecular weight excluding hydrogens is 252 g/mol. The van der Waals surface area contributed by atoms with E-state index in [1.54, 1.807) is 23.9 Å². The van der Waals surface area contributed by atoms with Crippen molar-refractivity contribution < 1.29 is 14.6 Å². The van der Waals surface area contributed by atoms with E-state index in [1.807, 2.05) is 6.26 Å². The van der Waals surface area contributed by atoms with Crippen LogP contribution in [-0.4, -0.2) is 36.2 Å². The molecule has 0 aromatic heterocycles. The van der Waals surface area contributed by atoms with Gasteiger partial charge in [-0.1, -0.05) is 0 Å². The molecule has 1 atom stereocenters. The molecule has 0 saturated carbocycles. The highest BCUT2D eigenvalue weighted by Crippen LogP contribution is 2.28. The third-order valence-corrected chi connectivity index (χ3v) is 3.06. The van der Waals surface area contributed by atoms with Crippen LogP contribution < -0.4 is 15.8 Å². The second kappa shape index (κ2) is 7.13. The van der Waals surface area contributed by atoms with E-state index in [-0.39, 0.29) is 11.7 Å². The first-order valence-electron chi connectivity index (χ1n) is 5.51. The van der Waals surface area contributed by atoms with Crippen molar-refractivity contribution in [2.45, 2.75) is 12.5 Å². The van der Waals surface area contributed by atoms with Crippen molar-refractivity contribution in [3.63, 3.8) is 0 Å². The number of carbonyl (C=O) groups is 1. The SMILES string of the molecule is COc1ccc(NC(=O)[C@@H](N)CCSC)cc1O. The molecule has 0 heterocycles. The zero-order valence-corrected chi connectivity index (χ0v) is 11.3. The minimum absolute atomic E-state index is 0.0204. The number of hydrogen-bond donors (Lipinski definition) is 3. The Balaban J connectivity index is 2.61. The predicted octanol–water partition coefficient (Wildman–Crippen LogP) is 1.42. The summed E-state index contributed by atoms with van der Waals surface area (Å²) < 4.78 is 4.92. The monoisotopic (exact) mass is 270 g/mol. The van der Waals surface area contributed by atoms with E-state index in [2.05, 4.69) is 5.32 Å². The highest BCUT2D eigenvalue weighted by Gasteiger charge is 2.13. The van der Waals surface area contributed by atoms with Crippen molar-refractivity contribution in [1.29, 1.82) is 0 Å². The van der Waals surface area contributed by atoms with E-state index in [0.29, 0.717) is 17.9 Å². The summed E-state index contributed by atoms with van der Waals surface area (Å²) in [7, 11) is 1.46. The number of nitrogens with one attached hydrogen (secondary N) is 1. The van der Waals surface area contributed by atoms with Crippen LogP contribution in [0.2, 0.25) is 0 Å². The number of ether oxygens (including phenoxy) is 1. The lowest BCUT2D eigenvalue weighted by Gasteiger charge is -2.12. The van der Waals surface area contributed by atoms with Gasteiger partial charge in [0.2, 0.25) is 5.91 Å². The number of aromatic hydroxyl groups is 1. The van der Waals surface area contributed by atoms with E-state index in [4.69, 9.17) is 10.5 Å². The standard InChI is InChI=1S/C12H18N2O3S/c1-17-11-4-3-8(7-10(11)15)14-12(16)9(13)5-6-18-2/h3-4,7,9,15H,5-6,13H2,1-2H3,(H,14,16)/t9-/m0/s1. The van der Waals surface area contributed by atoms with Gasteiger partial charge >= 0.3 is 0 Å². The number of anilines is 1. The summed E-state index contributed by atoms with van der Waals surface area (Å²) >= 11 is 1.64. The fraction of sp³-hybridized carbons (Fsp3) is 0.417. The molecule has 0 radical (unpaired) electrons. The van der Waals surface area contributed by atoms with Crippen molar-refractivity contribution >= 4 is 23.4 Å². The van der Waals surface area contributed by atoms with Crippen LogP contribution in [0, 0.1) is 0 Å². The van der Waals surface area contributed by atoms with Crippen LogP contribution in [-0.2, 0) is 4.79 Å². The Bertz CT molecular complexity index is 412. The Morgan fingerprint density at radius 1 is 1.61 bits per heavy atom. The number of rotatable bonds is 6. The number of carbonyl (C=O) groups excluding carboxylic acids is 1. The summed E-state index contributed by atoms with van der Waals surface area (Å²) in [5.74, 6) is 0.920.